The van der Waals surface area contributed by atoms with Crippen LogP contribution in [0, 0.1) is 29.1 Å². The Morgan fingerprint density at radius 3 is 2.00 bits per heavy atom. The van der Waals surface area contributed by atoms with Crippen LogP contribution in [0.3, 0.4) is 0 Å². The molecule has 1 aromatic carbocycles. The molecule has 0 atom stereocenters. The minimum Gasteiger partial charge on any atom is -0.404 e. The second-order valence-corrected chi connectivity index (χ2v) is 6.79. The van der Waals surface area contributed by atoms with E-state index in [-0.39, 0.29) is 6.54 Å². The molecule has 28 heavy (non-hydrogen) atoms. The lowest BCUT2D eigenvalue weighted by Gasteiger charge is -2.17. The number of unbranched alkanes of at least 4 members (excludes halogenated alkanes) is 1. The van der Waals surface area contributed by atoms with Crippen LogP contribution in [0.2, 0.25) is 6.04 Å². The van der Waals surface area contributed by atoms with Gasteiger partial charge in [0.25, 0.3) is 6.48 Å². The second kappa shape index (κ2) is 12.6. The summed E-state index contributed by atoms with van der Waals surface area (Å²) in [5.41, 5.74) is 0. The Balaban J connectivity index is 2.32. The van der Waals surface area contributed by atoms with Crippen molar-refractivity contribution in [3.63, 3.8) is 0 Å². The lowest BCUT2D eigenvalue weighted by Crippen LogP contribution is -2.29. The molecule has 0 heterocycles. The molecule has 1 rings (SSSR count). The van der Waals surface area contributed by atoms with Crippen molar-refractivity contribution in [2.75, 3.05) is 19.8 Å². The minimum absolute atomic E-state index is 0.0863. The van der Waals surface area contributed by atoms with Gasteiger partial charge in [0.1, 0.15) is 0 Å². The van der Waals surface area contributed by atoms with E-state index < -0.39 is 57.2 Å². The third kappa shape index (κ3) is 7.34. The molecular formula is C16H22F5NO5Si. The number of halogens is 5. The zero-order valence-electron chi connectivity index (χ0n) is 15.5. The quantitative estimate of drug-likeness (QED) is 0.138. The van der Waals surface area contributed by atoms with E-state index in [1.165, 1.54) is 0 Å². The smallest absolute Gasteiger partial charge is 0.404 e. The highest BCUT2D eigenvalue weighted by molar-refractivity contribution is 6.27. The third-order valence-electron chi connectivity index (χ3n) is 3.31. The van der Waals surface area contributed by atoms with Gasteiger partial charge < -0.3 is 24.0 Å². The Kier molecular flexibility index (Phi) is 11.0. The molecule has 0 fully saturated rings. The topological polar surface area (TPSA) is 66.0 Å². The normalized spacial score (nSPS) is 11.6. The average molecular weight is 431 g/mol. The van der Waals surface area contributed by atoms with Gasteiger partial charge >= 0.3 is 6.09 Å². The van der Waals surface area contributed by atoms with Crippen LogP contribution in [0.5, 0.6) is 5.75 Å². The predicted molar refractivity (Wildman–Crippen MR) is 91.0 cm³/mol. The number of rotatable bonds is 12. The molecule has 0 saturated heterocycles. The van der Waals surface area contributed by atoms with E-state index in [4.69, 9.17) is 13.9 Å². The lowest BCUT2D eigenvalue weighted by atomic mass is 10.2. The number of carbonyl (C=O) groups excluding carboxylic acids is 1. The van der Waals surface area contributed by atoms with E-state index in [0.717, 1.165) is 6.04 Å². The number of ether oxygens (including phenoxy) is 3. The van der Waals surface area contributed by atoms with Gasteiger partial charge in [0.05, 0.1) is 0 Å². The average Bonchev–Trinajstić information content (AvgIpc) is 2.67. The van der Waals surface area contributed by atoms with Crippen LogP contribution in [0.4, 0.5) is 26.7 Å². The highest BCUT2D eigenvalue weighted by Crippen LogP contribution is 2.29. The Bertz CT molecular complexity index is 617. The van der Waals surface area contributed by atoms with Crippen LogP contribution in [-0.4, -0.2) is 42.1 Å². The van der Waals surface area contributed by atoms with Gasteiger partial charge in [-0.25, -0.2) is 18.0 Å². The van der Waals surface area contributed by atoms with Crippen molar-refractivity contribution < 1.29 is 45.4 Å². The zero-order valence-corrected chi connectivity index (χ0v) is 16.9. The number of benzene rings is 1. The van der Waals surface area contributed by atoms with Gasteiger partial charge in [-0.3, -0.25) is 0 Å². The van der Waals surface area contributed by atoms with Crippen molar-refractivity contribution in [1.82, 2.24) is 5.32 Å². The fraction of sp³-hybridized carbons (Fsp3) is 0.562. The van der Waals surface area contributed by atoms with Gasteiger partial charge in [0.2, 0.25) is 34.8 Å². The molecule has 0 aromatic heterocycles. The summed E-state index contributed by atoms with van der Waals surface area (Å²) in [4.78, 5) is 11.5. The molecule has 0 aliphatic rings. The van der Waals surface area contributed by atoms with Crippen LogP contribution >= 0.6 is 0 Å². The standard InChI is InChI=1S/C16H22F5NO5Si/c1-3-24-16(25-4-2)27-28-8-6-5-7-22-15(23)26-14-12(20)10(18)9(17)11(19)13(14)21/h16H,3-8,28H2,1-2H3,(H,22,23). The molecule has 0 unspecified atom stereocenters. The molecular weight excluding hydrogens is 409 g/mol. The van der Waals surface area contributed by atoms with E-state index in [1.807, 2.05) is 13.8 Å². The first-order chi connectivity index (χ1) is 13.3. The maximum absolute atomic E-state index is 13.4. The summed E-state index contributed by atoms with van der Waals surface area (Å²) in [5.74, 6) is -12.8. The van der Waals surface area contributed by atoms with Gasteiger partial charge in [0.15, 0.2) is 9.76 Å². The second-order valence-electron chi connectivity index (χ2n) is 5.35. The molecule has 0 aliphatic heterocycles. The Hall–Kier alpha value is -1.76. The largest absolute Gasteiger partial charge is 0.412 e. The molecule has 0 aliphatic carbocycles. The van der Waals surface area contributed by atoms with Gasteiger partial charge in [0, 0.05) is 19.8 Å². The van der Waals surface area contributed by atoms with Crippen LogP contribution < -0.4 is 10.1 Å². The molecule has 12 heteroatoms. The zero-order chi connectivity index (χ0) is 21.1. The number of hydrogen-bond acceptors (Lipinski definition) is 5. The molecule has 6 nitrogen and oxygen atoms in total. The molecule has 0 saturated carbocycles. The number of amides is 1. The maximum Gasteiger partial charge on any atom is 0.412 e. The molecule has 1 N–H and O–H groups in total. The van der Waals surface area contributed by atoms with Crippen molar-refractivity contribution in [2.45, 2.75) is 39.2 Å². The minimum atomic E-state index is -2.33. The summed E-state index contributed by atoms with van der Waals surface area (Å²) < 4.78 is 85.9. The Morgan fingerprint density at radius 1 is 0.929 bits per heavy atom. The first-order valence-electron chi connectivity index (χ1n) is 8.65. The van der Waals surface area contributed by atoms with Crippen LogP contribution in [0.15, 0.2) is 0 Å². The third-order valence-corrected chi connectivity index (χ3v) is 4.61. The monoisotopic (exact) mass is 431 g/mol. The van der Waals surface area contributed by atoms with Gasteiger partial charge in [-0.2, -0.15) is 8.78 Å². The van der Waals surface area contributed by atoms with E-state index in [2.05, 4.69) is 10.1 Å². The predicted octanol–water partition coefficient (Wildman–Crippen LogP) is 3.13. The van der Waals surface area contributed by atoms with Crippen molar-refractivity contribution in [1.29, 1.82) is 0 Å². The molecule has 0 spiro atoms. The van der Waals surface area contributed by atoms with E-state index in [0.29, 0.717) is 26.1 Å². The highest BCUT2D eigenvalue weighted by atomic mass is 28.2. The summed E-state index contributed by atoms with van der Waals surface area (Å²) in [6.07, 6.45) is -0.152. The first kappa shape index (κ1) is 24.3. The van der Waals surface area contributed by atoms with Crippen molar-refractivity contribution in [3.8, 4) is 5.75 Å². The summed E-state index contributed by atoms with van der Waals surface area (Å²) in [6.45, 7) is 3.93. The molecule has 160 valence electrons. The van der Waals surface area contributed by atoms with Gasteiger partial charge in [-0.15, -0.1) is 0 Å². The SMILES string of the molecule is CCOC(OCC)O[SiH2]CCCCNC(=O)Oc1c(F)c(F)c(F)c(F)c1F. The molecule has 1 amide bonds. The first-order valence-corrected chi connectivity index (χ1v) is 10.2. The van der Waals surface area contributed by atoms with Crippen LogP contribution in [0.25, 0.3) is 0 Å². The summed E-state index contributed by atoms with van der Waals surface area (Å²) in [6, 6.07) is 0.755. The van der Waals surface area contributed by atoms with Crippen molar-refractivity contribution >= 4 is 15.9 Å². The van der Waals surface area contributed by atoms with Gasteiger partial charge in [-0.05, 0) is 26.3 Å². The summed E-state index contributed by atoms with van der Waals surface area (Å²) >= 11 is 0. The van der Waals surface area contributed by atoms with Crippen LogP contribution in [-0.2, 0) is 13.9 Å². The van der Waals surface area contributed by atoms with E-state index in [9.17, 15) is 26.7 Å². The molecule has 0 bridgehead atoms. The molecule has 1 aromatic rings. The Morgan fingerprint density at radius 2 is 1.46 bits per heavy atom. The van der Waals surface area contributed by atoms with E-state index >= 15 is 0 Å². The summed E-state index contributed by atoms with van der Waals surface area (Å²) in [5, 5.41) is 2.17. The van der Waals surface area contributed by atoms with Gasteiger partial charge in [-0.1, -0.05) is 6.42 Å². The van der Waals surface area contributed by atoms with Crippen LogP contribution in [0.1, 0.15) is 26.7 Å². The fourth-order valence-electron chi connectivity index (χ4n) is 1.99. The van der Waals surface area contributed by atoms with Crippen molar-refractivity contribution in [3.05, 3.63) is 29.1 Å². The number of nitrogens with one attached hydrogen (secondary N) is 1. The Labute approximate surface area is 161 Å². The van der Waals surface area contributed by atoms with Crippen molar-refractivity contribution in [2.24, 2.45) is 0 Å². The highest BCUT2D eigenvalue weighted by Gasteiger charge is 2.28. The lowest BCUT2D eigenvalue weighted by molar-refractivity contribution is -0.243. The fourth-order valence-corrected chi connectivity index (χ4v) is 3.10. The number of carbonyl (C=O) groups is 1. The van der Waals surface area contributed by atoms with E-state index in [1.54, 1.807) is 0 Å². The molecule has 0 radical (unpaired) electrons. The summed E-state index contributed by atoms with van der Waals surface area (Å²) in [7, 11) is -0.907. The number of hydrogen-bond donors (Lipinski definition) is 1. The maximum atomic E-state index is 13.4.